The minimum absolute atomic E-state index is 0.124. The van der Waals surface area contributed by atoms with Gasteiger partial charge in [0.1, 0.15) is 11.5 Å². The van der Waals surface area contributed by atoms with Gasteiger partial charge in [-0.2, -0.15) is 0 Å². The molecule has 86 valence electrons. The molecule has 0 spiro atoms. The maximum atomic E-state index is 4.61. The molecule has 1 aliphatic heterocycles. The van der Waals surface area contributed by atoms with Crippen LogP contribution >= 0.6 is 0 Å². The molecule has 2 rings (SSSR count). The molecular weight excluding hydrogens is 198 g/mol. The highest BCUT2D eigenvalue weighted by atomic mass is 15.0. The maximum Gasteiger partial charge on any atom is 0.131 e. The molecular formula is C13H19N3. The highest BCUT2D eigenvalue weighted by Crippen LogP contribution is 2.31. The highest BCUT2D eigenvalue weighted by Gasteiger charge is 2.26. The Labute approximate surface area is 97.0 Å². The van der Waals surface area contributed by atoms with Crippen LogP contribution in [0.2, 0.25) is 0 Å². The van der Waals surface area contributed by atoms with E-state index in [4.69, 9.17) is 0 Å². The van der Waals surface area contributed by atoms with Crippen molar-refractivity contribution in [2.24, 2.45) is 10.4 Å². The van der Waals surface area contributed by atoms with Crippen LogP contribution in [-0.2, 0) is 6.42 Å². The normalized spacial score (nSPS) is 15.2. The third-order valence-corrected chi connectivity index (χ3v) is 2.84. The summed E-state index contributed by atoms with van der Waals surface area (Å²) < 4.78 is 0. The van der Waals surface area contributed by atoms with E-state index in [2.05, 4.69) is 49.6 Å². The fourth-order valence-corrected chi connectivity index (χ4v) is 1.70. The smallest absolute Gasteiger partial charge is 0.131 e. The van der Waals surface area contributed by atoms with Crippen LogP contribution in [0.5, 0.6) is 0 Å². The molecule has 0 N–H and O–H groups in total. The molecule has 16 heavy (non-hydrogen) atoms. The quantitative estimate of drug-likeness (QED) is 0.724. The van der Waals surface area contributed by atoms with E-state index in [-0.39, 0.29) is 5.41 Å². The zero-order valence-electron chi connectivity index (χ0n) is 10.7. The molecule has 3 nitrogen and oxygen atoms in total. The van der Waals surface area contributed by atoms with Crippen molar-refractivity contribution >= 4 is 11.4 Å². The summed E-state index contributed by atoms with van der Waals surface area (Å²) in [6.07, 6.45) is 2.73. The molecule has 0 fully saturated rings. The maximum absolute atomic E-state index is 4.61. The van der Waals surface area contributed by atoms with Crippen LogP contribution in [0, 0.1) is 5.41 Å². The van der Waals surface area contributed by atoms with Crippen LogP contribution in [0.3, 0.4) is 0 Å². The molecule has 0 amide bonds. The third kappa shape index (κ3) is 1.99. The summed E-state index contributed by atoms with van der Waals surface area (Å²) in [7, 11) is 0. The van der Waals surface area contributed by atoms with Gasteiger partial charge in [-0.15, -0.1) is 0 Å². The highest BCUT2D eigenvalue weighted by molar-refractivity contribution is 5.96. The topological polar surface area (TPSA) is 38.1 Å². The van der Waals surface area contributed by atoms with Crippen molar-refractivity contribution in [1.82, 2.24) is 9.97 Å². The van der Waals surface area contributed by atoms with Gasteiger partial charge in [-0.1, -0.05) is 34.6 Å². The molecule has 0 atom stereocenters. The first kappa shape index (κ1) is 11.2. The van der Waals surface area contributed by atoms with Gasteiger partial charge in [0.2, 0.25) is 0 Å². The molecule has 0 saturated carbocycles. The summed E-state index contributed by atoms with van der Waals surface area (Å²) in [5.41, 5.74) is 3.37. The van der Waals surface area contributed by atoms with Gasteiger partial charge < -0.3 is 0 Å². The molecule has 0 radical (unpaired) electrons. The molecule has 2 heterocycles. The lowest BCUT2D eigenvalue weighted by molar-refractivity contribution is 0.584. The number of nitrogens with zero attached hydrogens (tertiary/aromatic N) is 3. The largest absolute Gasteiger partial charge is 0.253 e. The zero-order valence-corrected chi connectivity index (χ0v) is 10.7. The minimum atomic E-state index is 0.124. The molecule has 0 aliphatic carbocycles. The fourth-order valence-electron chi connectivity index (χ4n) is 1.70. The van der Waals surface area contributed by atoms with Crippen molar-refractivity contribution < 1.29 is 0 Å². The van der Waals surface area contributed by atoms with Crippen LogP contribution in [0.4, 0.5) is 5.69 Å². The summed E-state index contributed by atoms with van der Waals surface area (Å²) in [4.78, 5) is 13.6. The van der Waals surface area contributed by atoms with Crippen molar-refractivity contribution in [1.29, 1.82) is 0 Å². The lowest BCUT2D eigenvalue weighted by Crippen LogP contribution is -2.20. The minimum Gasteiger partial charge on any atom is -0.253 e. The molecule has 0 unspecified atom stereocenters. The monoisotopic (exact) mass is 217 g/mol. The summed E-state index contributed by atoms with van der Waals surface area (Å²) in [5.74, 6) is 1.30. The van der Waals surface area contributed by atoms with E-state index in [9.17, 15) is 0 Å². The second-order valence-corrected chi connectivity index (χ2v) is 5.70. The Kier molecular flexibility index (Phi) is 2.56. The number of rotatable bonds is 1. The first-order chi connectivity index (χ1) is 7.38. The second kappa shape index (κ2) is 3.65. The fraction of sp³-hybridized carbons (Fsp3) is 0.615. The van der Waals surface area contributed by atoms with E-state index in [0.717, 1.165) is 23.6 Å². The van der Waals surface area contributed by atoms with Crippen molar-refractivity contribution in [3.63, 3.8) is 0 Å². The molecule has 0 bridgehead atoms. The SMILES string of the molecule is CC(C)c1ncc2c(n1)CC(C(C)(C)C)=N2. The van der Waals surface area contributed by atoms with Crippen molar-refractivity contribution in [3.8, 4) is 0 Å². The zero-order chi connectivity index (χ0) is 11.9. The number of aromatic nitrogens is 2. The van der Waals surface area contributed by atoms with Gasteiger partial charge in [0.25, 0.3) is 0 Å². The van der Waals surface area contributed by atoms with Gasteiger partial charge in [0.15, 0.2) is 0 Å². The predicted octanol–water partition coefficient (Wildman–Crippen LogP) is 3.27. The lowest BCUT2D eigenvalue weighted by atomic mass is 9.88. The van der Waals surface area contributed by atoms with E-state index in [0.29, 0.717) is 5.92 Å². The molecule has 0 saturated heterocycles. The van der Waals surface area contributed by atoms with Crippen LogP contribution in [0.1, 0.15) is 52.1 Å². The van der Waals surface area contributed by atoms with Crippen molar-refractivity contribution in [2.75, 3.05) is 0 Å². The Morgan fingerprint density at radius 1 is 1.25 bits per heavy atom. The van der Waals surface area contributed by atoms with Gasteiger partial charge >= 0.3 is 0 Å². The van der Waals surface area contributed by atoms with E-state index in [1.165, 1.54) is 5.71 Å². The Hall–Kier alpha value is -1.25. The average molecular weight is 217 g/mol. The average Bonchev–Trinajstić information content (AvgIpc) is 2.58. The van der Waals surface area contributed by atoms with Crippen LogP contribution in [0.25, 0.3) is 0 Å². The number of hydrogen-bond acceptors (Lipinski definition) is 3. The Morgan fingerprint density at radius 2 is 1.94 bits per heavy atom. The van der Waals surface area contributed by atoms with Crippen molar-refractivity contribution in [3.05, 3.63) is 17.7 Å². The van der Waals surface area contributed by atoms with Gasteiger partial charge in [-0.05, 0) is 0 Å². The summed E-state index contributed by atoms with van der Waals surface area (Å²) in [5, 5.41) is 0. The van der Waals surface area contributed by atoms with E-state index in [1.54, 1.807) is 0 Å². The summed E-state index contributed by atoms with van der Waals surface area (Å²) in [6, 6.07) is 0. The Balaban J connectivity index is 2.32. The number of fused-ring (bicyclic) bond motifs is 1. The Morgan fingerprint density at radius 3 is 2.50 bits per heavy atom. The second-order valence-electron chi connectivity index (χ2n) is 5.70. The van der Waals surface area contributed by atoms with Crippen LogP contribution in [-0.4, -0.2) is 15.7 Å². The van der Waals surface area contributed by atoms with Crippen LogP contribution < -0.4 is 0 Å². The Bertz CT molecular complexity index is 439. The molecule has 1 aromatic heterocycles. The van der Waals surface area contributed by atoms with Crippen LogP contribution in [0.15, 0.2) is 11.2 Å². The molecule has 1 aromatic rings. The van der Waals surface area contributed by atoms with E-state index < -0.39 is 0 Å². The number of aliphatic imine (C=N–C) groups is 1. The molecule has 3 heteroatoms. The molecule has 0 aromatic carbocycles. The van der Waals surface area contributed by atoms with Gasteiger partial charge in [0.05, 0.1) is 11.9 Å². The molecule has 1 aliphatic rings. The first-order valence-corrected chi connectivity index (χ1v) is 5.82. The van der Waals surface area contributed by atoms with Gasteiger partial charge in [-0.25, -0.2) is 9.97 Å². The van der Waals surface area contributed by atoms with Crippen molar-refractivity contribution in [2.45, 2.75) is 47.0 Å². The third-order valence-electron chi connectivity index (χ3n) is 2.84. The van der Waals surface area contributed by atoms with E-state index in [1.807, 2.05) is 6.20 Å². The van der Waals surface area contributed by atoms with E-state index >= 15 is 0 Å². The van der Waals surface area contributed by atoms with Gasteiger partial charge in [0, 0.05) is 23.5 Å². The lowest BCUT2D eigenvalue weighted by Gasteiger charge is -2.17. The standard InChI is InChI=1S/C13H19N3/c1-8(2)12-14-7-10-9(16-12)6-11(15-10)13(3,4)5/h7-8H,6H2,1-5H3. The predicted molar refractivity (Wildman–Crippen MR) is 66.4 cm³/mol. The van der Waals surface area contributed by atoms with Gasteiger partial charge in [-0.3, -0.25) is 4.99 Å². The summed E-state index contributed by atoms with van der Waals surface area (Å²) in [6.45, 7) is 10.8. The first-order valence-electron chi connectivity index (χ1n) is 5.82. The summed E-state index contributed by atoms with van der Waals surface area (Å²) >= 11 is 0. The number of hydrogen-bond donors (Lipinski definition) is 0.